The molecule has 32 heavy (non-hydrogen) atoms. The van der Waals surface area contributed by atoms with Crippen molar-refractivity contribution in [1.29, 1.82) is 0 Å². The number of amides is 1. The van der Waals surface area contributed by atoms with Gasteiger partial charge in [0.1, 0.15) is 23.8 Å². The van der Waals surface area contributed by atoms with Crippen LogP contribution in [0.25, 0.3) is 5.65 Å². The molecule has 0 aliphatic heterocycles. The van der Waals surface area contributed by atoms with Gasteiger partial charge in [0.15, 0.2) is 0 Å². The first-order valence-electron chi connectivity index (χ1n) is 10.3. The van der Waals surface area contributed by atoms with Crippen LogP contribution >= 0.6 is 0 Å². The highest BCUT2D eigenvalue weighted by Crippen LogP contribution is 2.25. The maximum atomic E-state index is 12.7. The van der Waals surface area contributed by atoms with Crippen molar-refractivity contribution in [3.8, 4) is 11.5 Å². The standard InChI is InChI=1S/C25H23N3O4/c1-3-31-20-11-9-18(10-12-20)25(30)27-21-6-4-5-7-22(21)32-16-19-14-24(29)28-15-17(2)8-13-23(28)26-19/h4-15H,3,16H2,1-2H3,(H,27,30). The SMILES string of the molecule is CCOc1ccc(C(=O)Nc2ccccc2OCc2cc(=O)n3cc(C)ccc3n2)cc1. The number of hydrogen-bond acceptors (Lipinski definition) is 5. The summed E-state index contributed by atoms with van der Waals surface area (Å²) in [5.74, 6) is 0.931. The van der Waals surface area contributed by atoms with Gasteiger partial charge < -0.3 is 14.8 Å². The van der Waals surface area contributed by atoms with Gasteiger partial charge in [0, 0.05) is 17.8 Å². The Morgan fingerprint density at radius 3 is 2.59 bits per heavy atom. The molecule has 7 heteroatoms. The van der Waals surface area contributed by atoms with Gasteiger partial charge in [-0.3, -0.25) is 14.0 Å². The van der Waals surface area contributed by atoms with Crippen molar-refractivity contribution in [2.45, 2.75) is 20.5 Å². The van der Waals surface area contributed by atoms with Gasteiger partial charge in [-0.1, -0.05) is 18.2 Å². The van der Waals surface area contributed by atoms with E-state index in [1.807, 2.05) is 32.0 Å². The van der Waals surface area contributed by atoms with Crippen LogP contribution in [-0.4, -0.2) is 21.9 Å². The van der Waals surface area contributed by atoms with Crippen molar-refractivity contribution in [3.63, 3.8) is 0 Å². The van der Waals surface area contributed by atoms with Crippen molar-refractivity contribution in [3.05, 3.63) is 100 Å². The Balaban J connectivity index is 1.49. The fourth-order valence-electron chi connectivity index (χ4n) is 3.24. The molecule has 1 N–H and O–H groups in total. The molecular weight excluding hydrogens is 406 g/mol. The molecule has 0 fully saturated rings. The summed E-state index contributed by atoms with van der Waals surface area (Å²) >= 11 is 0. The van der Waals surface area contributed by atoms with E-state index in [1.165, 1.54) is 10.5 Å². The van der Waals surface area contributed by atoms with E-state index in [0.717, 1.165) is 5.56 Å². The maximum Gasteiger partial charge on any atom is 0.258 e. The minimum atomic E-state index is -0.262. The van der Waals surface area contributed by atoms with Gasteiger partial charge in [0.05, 0.1) is 18.0 Å². The van der Waals surface area contributed by atoms with E-state index in [9.17, 15) is 9.59 Å². The summed E-state index contributed by atoms with van der Waals surface area (Å²) in [6.07, 6.45) is 1.75. The van der Waals surface area contributed by atoms with Gasteiger partial charge in [-0.05, 0) is 61.9 Å². The van der Waals surface area contributed by atoms with E-state index in [2.05, 4.69) is 10.3 Å². The topological polar surface area (TPSA) is 81.9 Å². The number of ether oxygens (including phenoxy) is 2. The van der Waals surface area contributed by atoms with Gasteiger partial charge in [-0.2, -0.15) is 0 Å². The third-order valence-corrected chi connectivity index (χ3v) is 4.80. The third kappa shape index (κ3) is 4.78. The number of carbonyl (C=O) groups excluding carboxylic acids is 1. The highest BCUT2D eigenvalue weighted by Gasteiger charge is 2.11. The highest BCUT2D eigenvalue weighted by atomic mass is 16.5. The fraction of sp³-hybridized carbons (Fsp3) is 0.160. The first kappa shape index (κ1) is 21.1. The molecule has 2 heterocycles. The Bertz CT molecular complexity index is 1310. The van der Waals surface area contributed by atoms with Gasteiger partial charge >= 0.3 is 0 Å². The van der Waals surface area contributed by atoms with Crippen molar-refractivity contribution >= 4 is 17.2 Å². The maximum absolute atomic E-state index is 12.7. The summed E-state index contributed by atoms with van der Waals surface area (Å²) in [6, 6.07) is 19.2. The van der Waals surface area contributed by atoms with Crippen LogP contribution in [0.4, 0.5) is 5.69 Å². The van der Waals surface area contributed by atoms with Crippen LogP contribution in [0.1, 0.15) is 28.5 Å². The van der Waals surface area contributed by atoms with Crippen molar-refractivity contribution < 1.29 is 14.3 Å². The lowest BCUT2D eigenvalue weighted by Gasteiger charge is -2.13. The summed E-state index contributed by atoms with van der Waals surface area (Å²) in [5.41, 5.74) is 2.89. The lowest BCUT2D eigenvalue weighted by atomic mass is 10.2. The van der Waals surface area contributed by atoms with Gasteiger partial charge in [-0.15, -0.1) is 0 Å². The molecule has 0 atom stereocenters. The number of rotatable bonds is 7. The zero-order valence-corrected chi connectivity index (χ0v) is 17.9. The summed E-state index contributed by atoms with van der Waals surface area (Å²) in [7, 11) is 0. The molecule has 0 spiro atoms. The molecule has 0 radical (unpaired) electrons. The molecule has 0 saturated heterocycles. The number of para-hydroxylation sites is 2. The first-order valence-corrected chi connectivity index (χ1v) is 10.3. The molecule has 0 saturated carbocycles. The molecule has 7 nitrogen and oxygen atoms in total. The molecule has 0 bridgehead atoms. The molecule has 0 unspecified atom stereocenters. The van der Waals surface area contributed by atoms with Gasteiger partial charge in [-0.25, -0.2) is 4.98 Å². The second kappa shape index (κ2) is 9.34. The average molecular weight is 429 g/mol. The number of carbonyl (C=O) groups is 1. The van der Waals surface area contributed by atoms with Crippen molar-refractivity contribution in [1.82, 2.24) is 9.38 Å². The Labute approximate surface area is 185 Å². The summed E-state index contributed by atoms with van der Waals surface area (Å²) in [5, 5.41) is 2.87. The smallest absolute Gasteiger partial charge is 0.258 e. The molecule has 4 rings (SSSR count). The molecule has 1 amide bonds. The molecule has 162 valence electrons. The summed E-state index contributed by atoms with van der Waals surface area (Å²) < 4.78 is 12.8. The lowest BCUT2D eigenvalue weighted by molar-refractivity contribution is 0.102. The Hall–Kier alpha value is -4.13. The number of pyridine rings is 1. The number of hydrogen-bond donors (Lipinski definition) is 1. The third-order valence-electron chi connectivity index (χ3n) is 4.80. The van der Waals surface area contributed by atoms with Crippen LogP contribution in [0.5, 0.6) is 11.5 Å². The van der Waals surface area contributed by atoms with E-state index < -0.39 is 0 Å². The van der Waals surface area contributed by atoms with Crippen LogP contribution in [-0.2, 0) is 6.61 Å². The van der Waals surface area contributed by atoms with Gasteiger partial charge in [0.2, 0.25) is 0 Å². The monoisotopic (exact) mass is 429 g/mol. The van der Waals surface area contributed by atoms with E-state index >= 15 is 0 Å². The van der Waals surface area contributed by atoms with Crippen LogP contribution in [0.15, 0.2) is 77.7 Å². The lowest BCUT2D eigenvalue weighted by Crippen LogP contribution is -2.17. The number of anilines is 1. The van der Waals surface area contributed by atoms with Crippen LogP contribution in [0.2, 0.25) is 0 Å². The second-order valence-electron chi connectivity index (χ2n) is 7.22. The van der Waals surface area contributed by atoms with E-state index in [1.54, 1.807) is 48.7 Å². The summed E-state index contributed by atoms with van der Waals surface area (Å²) in [6.45, 7) is 4.48. The normalized spacial score (nSPS) is 10.7. The number of aryl methyl sites for hydroxylation is 1. The molecule has 4 aromatic rings. The molecule has 0 aliphatic carbocycles. The predicted octanol–water partition coefficient (Wildman–Crippen LogP) is 4.23. The fourth-order valence-corrected chi connectivity index (χ4v) is 3.24. The molecule has 2 aromatic carbocycles. The molecule has 0 aliphatic rings. The molecule has 2 aromatic heterocycles. The van der Waals surface area contributed by atoms with Crippen LogP contribution < -0.4 is 20.3 Å². The van der Waals surface area contributed by atoms with Crippen LogP contribution in [0.3, 0.4) is 0 Å². The van der Waals surface area contributed by atoms with E-state index in [4.69, 9.17) is 9.47 Å². The Kier molecular flexibility index (Phi) is 6.17. The van der Waals surface area contributed by atoms with E-state index in [0.29, 0.717) is 40.7 Å². The van der Waals surface area contributed by atoms with Gasteiger partial charge in [0.25, 0.3) is 11.5 Å². The minimum Gasteiger partial charge on any atom is -0.494 e. The van der Waals surface area contributed by atoms with Crippen molar-refractivity contribution in [2.24, 2.45) is 0 Å². The zero-order chi connectivity index (χ0) is 22.5. The van der Waals surface area contributed by atoms with Crippen molar-refractivity contribution in [2.75, 3.05) is 11.9 Å². The first-order chi connectivity index (χ1) is 15.5. The Morgan fingerprint density at radius 2 is 1.81 bits per heavy atom. The minimum absolute atomic E-state index is 0.0928. The van der Waals surface area contributed by atoms with Crippen LogP contribution in [0, 0.1) is 6.92 Å². The number of benzene rings is 2. The number of fused-ring (bicyclic) bond motifs is 1. The largest absolute Gasteiger partial charge is 0.494 e. The summed E-state index contributed by atoms with van der Waals surface area (Å²) in [4.78, 5) is 29.6. The Morgan fingerprint density at radius 1 is 1.03 bits per heavy atom. The highest BCUT2D eigenvalue weighted by molar-refractivity contribution is 6.05. The molecular formula is C25H23N3O4. The average Bonchev–Trinajstić information content (AvgIpc) is 2.80. The number of aromatic nitrogens is 2. The predicted molar refractivity (Wildman–Crippen MR) is 123 cm³/mol. The second-order valence-corrected chi connectivity index (χ2v) is 7.22. The number of nitrogens with zero attached hydrogens (tertiary/aromatic N) is 2. The quantitative estimate of drug-likeness (QED) is 0.475. The number of nitrogens with one attached hydrogen (secondary N) is 1. The van der Waals surface area contributed by atoms with E-state index in [-0.39, 0.29) is 18.1 Å². The zero-order valence-electron chi connectivity index (χ0n) is 17.9.